The Morgan fingerprint density at radius 3 is 2.52 bits per heavy atom. The number of fused-ring (bicyclic) bond motifs is 1. The van der Waals surface area contributed by atoms with Crippen molar-refractivity contribution >= 4 is 16.9 Å². The highest BCUT2D eigenvalue weighted by Gasteiger charge is 2.17. The summed E-state index contributed by atoms with van der Waals surface area (Å²) in [4.78, 5) is 12.5. The highest BCUT2D eigenvalue weighted by Crippen LogP contribution is 2.29. The van der Waals surface area contributed by atoms with Crippen molar-refractivity contribution in [3.8, 4) is 11.5 Å². The monoisotopic (exact) mass is 367 g/mol. The van der Waals surface area contributed by atoms with E-state index in [0.29, 0.717) is 24.5 Å². The first-order valence-electron chi connectivity index (χ1n) is 9.14. The Kier molecular flexibility index (Phi) is 5.69. The molecule has 1 heterocycles. The molecule has 5 heteroatoms. The number of aryl methyl sites for hydroxylation is 2. The van der Waals surface area contributed by atoms with Gasteiger partial charge in [-0.05, 0) is 51.0 Å². The Morgan fingerprint density at radius 2 is 1.81 bits per heavy atom. The highest BCUT2D eigenvalue weighted by molar-refractivity contribution is 5.97. The Labute approximate surface area is 159 Å². The van der Waals surface area contributed by atoms with E-state index in [2.05, 4.69) is 5.32 Å². The fraction of sp³-hybridized carbons (Fsp3) is 0.318. The van der Waals surface area contributed by atoms with E-state index in [1.165, 1.54) is 0 Å². The largest absolute Gasteiger partial charge is 0.491 e. The molecule has 5 nitrogen and oxygen atoms in total. The third-order valence-electron chi connectivity index (χ3n) is 4.30. The summed E-state index contributed by atoms with van der Waals surface area (Å²) in [5, 5.41) is 3.76. The van der Waals surface area contributed by atoms with Crippen LogP contribution in [0.25, 0.3) is 11.0 Å². The Hall–Kier alpha value is -2.95. The molecule has 0 bridgehead atoms. The third-order valence-corrected chi connectivity index (χ3v) is 4.30. The first kappa shape index (κ1) is 18.8. The lowest BCUT2D eigenvalue weighted by molar-refractivity contribution is 0.0900. The van der Waals surface area contributed by atoms with Gasteiger partial charge in [0.15, 0.2) is 17.1 Å². The maximum Gasteiger partial charge on any atom is 0.287 e. The van der Waals surface area contributed by atoms with Gasteiger partial charge in [0.2, 0.25) is 0 Å². The molecule has 1 aromatic heterocycles. The minimum absolute atomic E-state index is 0.170. The number of furan rings is 1. The van der Waals surface area contributed by atoms with Crippen LogP contribution in [0.3, 0.4) is 0 Å². The lowest BCUT2D eigenvalue weighted by Crippen LogP contribution is -2.36. The number of hydrogen-bond acceptors (Lipinski definition) is 4. The van der Waals surface area contributed by atoms with Crippen molar-refractivity contribution in [2.45, 2.75) is 33.7 Å². The number of rotatable bonds is 7. The summed E-state index contributed by atoms with van der Waals surface area (Å²) in [7, 11) is 0. The number of nitrogens with one attached hydrogen (secondary N) is 1. The van der Waals surface area contributed by atoms with Crippen LogP contribution in [0.15, 0.2) is 46.9 Å². The van der Waals surface area contributed by atoms with Crippen LogP contribution in [0.4, 0.5) is 0 Å². The Bertz CT molecular complexity index is 924. The van der Waals surface area contributed by atoms with E-state index in [0.717, 1.165) is 22.3 Å². The Balaban J connectivity index is 1.66. The predicted octanol–water partition coefficient (Wildman–Crippen LogP) is 4.65. The second kappa shape index (κ2) is 8.16. The first-order chi connectivity index (χ1) is 13.0. The van der Waals surface area contributed by atoms with Crippen LogP contribution >= 0.6 is 0 Å². The van der Waals surface area contributed by atoms with Crippen LogP contribution in [0.1, 0.15) is 35.5 Å². The van der Waals surface area contributed by atoms with Crippen LogP contribution in [0.2, 0.25) is 0 Å². The zero-order valence-electron chi connectivity index (χ0n) is 16.2. The molecular weight excluding hydrogens is 342 g/mol. The van der Waals surface area contributed by atoms with Crippen molar-refractivity contribution in [2.24, 2.45) is 0 Å². The number of carbonyl (C=O) groups excluding carboxylic acids is 1. The second-order valence-electron chi connectivity index (χ2n) is 6.62. The number of ether oxygens (including phenoxy) is 2. The normalized spacial score (nSPS) is 12.0. The summed E-state index contributed by atoms with van der Waals surface area (Å²) in [6.07, 6.45) is 0. The number of benzene rings is 2. The quantitative estimate of drug-likeness (QED) is 0.660. The molecule has 2 aromatic carbocycles. The van der Waals surface area contributed by atoms with Crippen molar-refractivity contribution in [2.75, 3.05) is 13.2 Å². The fourth-order valence-electron chi connectivity index (χ4n) is 2.99. The molecule has 0 spiro atoms. The van der Waals surface area contributed by atoms with Gasteiger partial charge in [-0.15, -0.1) is 0 Å². The maximum absolute atomic E-state index is 12.5. The van der Waals surface area contributed by atoms with Gasteiger partial charge in [0, 0.05) is 5.39 Å². The SMILES string of the molecule is CCOc1cccc2cc(C(=O)NC(C)COc3c(C)cccc3C)oc12. The first-order valence-corrected chi connectivity index (χ1v) is 9.14. The molecule has 27 heavy (non-hydrogen) atoms. The minimum atomic E-state index is -0.272. The molecule has 3 aromatic rings. The molecule has 0 fully saturated rings. The van der Waals surface area contributed by atoms with E-state index in [9.17, 15) is 4.79 Å². The lowest BCUT2D eigenvalue weighted by atomic mass is 10.1. The predicted molar refractivity (Wildman–Crippen MR) is 106 cm³/mol. The third kappa shape index (κ3) is 4.25. The van der Waals surface area contributed by atoms with E-state index in [-0.39, 0.29) is 17.7 Å². The number of carbonyl (C=O) groups is 1. The van der Waals surface area contributed by atoms with E-state index < -0.39 is 0 Å². The van der Waals surface area contributed by atoms with Crippen molar-refractivity contribution in [3.63, 3.8) is 0 Å². The van der Waals surface area contributed by atoms with Crippen molar-refractivity contribution in [3.05, 3.63) is 59.4 Å². The molecule has 1 unspecified atom stereocenters. The molecular formula is C22H25NO4. The zero-order chi connectivity index (χ0) is 19.4. The number of hydrogen-bond donors (Lipinski definition) is 1. The summed E-state index contributed by atoms with van der Waals surface area (Å²) in [5.41, 5.74) is 2.74. The summed E-state index contributed by atoms with van der Waals surface area (Å²) in [6, 6.07) is 13.2. The number of para-hydroxylation sites is 2. The minimum Gasteiger partial charge on any atom is -0.491 e. The van der Waals surface area contributed by atoms with Gasteiger partial charge in [0.25, 0.3) is 5.91 Å². The van der Waals surface area contributed by atoms with Crippen LogP contribution in [0.5, 0.6) is 11.5 Å². The second-order valence-corrected chi connectivity index (χ2v) is 6.62. The molecule has 142 valence electrons. The van der Waals surface area contributed by atoms with Gasteiger partial charge in [-0.1, -0.05) is 30.3 Å². The van der Waals surface area contributed by atoms with Crippen LogP contribution < -0.4 is 14.8 Å². The van der Waals surface area contributed by atoms with Gasteiger partial charge in [-0.3, -0.25) is 4.79 Å². The molecule has 0 aliphatic rings. The molecule has 0 saturated heterocycles. The topological polar surface area (TPSA) is 60.7 Å². The van der Waals surface area contributed by atoms with Gasteiger partial charge < -0.3 is 19.2 Å². The average molecular weight is 367 g/mol. The molecule has 3 rings (SSSR count). The van der Waals surface area contributed by atoms with Crippen molar-refractivity contribution in [1.82, 2.24) is 5.32 Å². The average Bonchev–Trinajstić information content (AvgIpc) is 3.07. The van der Waals surface area contributed by atoms with Gasteiger partial charge in [-0.25, -0.2) is 0 Å². The van der Waals surface area contributed by atoms with Gasteiger partial charge in [-0.2, -0.15) is 0 Å². The summed E-state index contributed by atoms with van der Waals surface area (Å²) in [6.45, 7) is 8.74. The molecule has 0 radical (unpaired) electrons. The van der Waals surface area contributed by atoms with Crippen LogP contribution in [0, 0.1) is 13.8 Å². The van der Waals surface area contributed by atoms with Crippen molar-refractivity contribution in [1.29, 1.82) is 0 Å². The molecule has 1 N–H and O–H groups in total. The zero-order valence-corrected chi connectivity index (χ0v) is 16.2. The smallest absolute Gasteiger partial charge is 0.287 e. The molecule has 0 aliphatic heterocycles. The van der Waals surface area contributed by atoms with Gasteiger partial charge in [0.1, 0.15) is 12.4 Å². The van der Waals surface area contributed by atoms with E-state index in [1.807, 2.05) is 64.1 Å². The molecule has 1 atom stereocenters. The molecule has 0 saturated carbocycles. The fourth-order valence-corrected chi connectivity index (χ4v) is 2.99. The van der Waals surface area contributed by atoms with Gasteiger partial charge >= 0.3 is 0 Å². The lowest BCUT2D eigenvalue weighted by Gasteiger charge is -2.17. The molecule has 0 aliphatic carbocycles. The van der Waals surface area contributed by atoms with Crippen LogP contribution in [-0.4, -0.2) is 25.2 Å². The van der Waals surface area contributed by atoms with Crippen LogP contribution in [-0.2, 0) is 0 Å². The standard InChI is InChI=1S/C22H25NO4/c1-5-25-18-11-7-10-17-12-19(27-21(17)18)22(24)23-16(4)13-26-20-14(2)8-6-9-15(20)3/h6-12,16H,5,13H2,1-4H3,(H,23,24). The number of amides is 1. The summed E-state index contributed by atoms with van der Waals surface area (Å²) >= 11 is 0. The van der Waals surface area contributed by atoms with E-state index >= 15 is 0 Å². The highest BCUT2D eigenvalue weighted by atomic mass is 16.5. The summed E-state index contributed by atoms with van der Waals surface area (Å²) < 4.78 is 17.2. The van der Waals surface area contributed by atoms with E-state index in [4.69, 9.17) is 13.9 Å². The molecule has 1 amide bonds. The Morgan fingerprint density at radius 1 is 1.11 bits per heavy atom. The van der Waals surface area contributed by atoms with Crippen molar-refractivity contribution < 1.29 is 18.7 Å². The van der Waals surface area contributed by atoms with E-state index in [1.54, 1.807) is 6.07 Å². The maximum atomic E-state index is 12.5. The van der Waals surface area contributed by atoms with Gasteiger partial charge in [0.05, 0.1) is 12.6 Å². The summed E-state index contributed by atoms with van der Waals surface area (Å²) in [5.74, 6) is 1.49.